The number of nitrogens with one attached hydrogen (secondary N) is 1. The van der Waals surface area contributed by atoms with E-state index < -0.39 is 0 Å². The highest BCUT2D eigenvalue weighted by atomic mass is 127. The molecular formula is C11H19IN4O. The number of aromatic nitrogens is 3. The lowest BCUT2D eigenvalue weighted by Gasteiger charge is -2.23. The van der Waals surface area contributed by atoms with Crippen LogP contribution in [0, 0.1) is 6.92 Å². The molecule has 0 amide bonds. The van der Waals surface area contributed by atoms with Crippen LogP contribution in [-0.4, -0.2) is 20.8 Å². The first-order valence-electron chi connectivity index (χ1n) is 5.85. The van der Waals surface area contributed by atoms with Crippen molar-refractivity contribution in [2.24, 2.45) is 7.05 Å². The van der Waals surface area contributed by atoms with Gasteiger partial charge >= 0.3 is 0 Å². The van der Waals surface area contributed by atoms with Crippen molar-refractivity contribution in [2.75, 3.05) is 5.32 Å². The summed E-state index contributed by atoms with van der Waals surface area (Å²) in [4.78, 5) is 11.7. The van der Waals surface area contributed by atoms with Crippen LogP contribution in [0.25, 0.3) is 0 Å². The zero-order valence-corrected chi connectivity index (χ0v) is 12.6. The SMILES string of the molecule is Cc1nnc(NC2CCCCC2)n(C)c1=O.I. The standard InChI is InChI=1S/C11H18N4O.HI/c1-8-10(16)15(2)11(14-13-8)12-9-6-4-3-5-7-9;/h9H,3-7H2,1-2H3,(H,12,14);1H. The normalized spacial score (nSPS) is 16.4. The number of nitrogens with zero attached hydrogens (tertiary/aromatic N) is 3. The molecule has 0 aliphatic heterocycles. The first-order valence-corrected chi connectivity index (χ1v) is 5.85. The first-order chi connectivity index (χ1) is 7.68. The van der Waals surface area contributed by atoms with Gasteiger partial charge < -0.3 is 5.32 Å². The second-order valence-electron chi connectivity index (χ2n) is 4.45. The van der Waals surface area contributed by atoms with Gasteiger partial charge in [-0.1, -0.05) is 19.3 Å². The highest BCUT2D eigenvalue weighted by Gasteiger charge is 2.15. The van der Waals surface area contributed by atoms with Gasteiger partial charge in [-0.05, 0) is 19.8 Å². The summed E-state index contributed by atoms with van der Waals surface area (Å²) in [5.41, 5.74) is 0.366. The lowest BCUT2D eigenvalue weighted by atomic mass is 9.96. The van der Waals surface area contributed by atoms with Gasteiger partial charge in [-0.2, -0.15) is 0 Å². The third kappa shape index (κ3) is 3.40. The smallest absolute Gasteiger partial charge is 0.276 e. The van der Waals surface area contributed by atoms with Crippen LogP contribution in [-0.2, 0) is 7.05 Å². The minimum absolute atomic E-state index is 0. The average molecular weight is 350 g/mol. The number of aryl methyl sites for hydroxylation is 1. The van der Waals surface area contributed by atoms with Crippen molar-refractivity contribution in [1.82, 2.24) is 14.8 Å². The maximum Gasteiger partial charge on any atom is 0.276 e. The second kappa shape index (κ2) is 6.32. The Hall–Kier alpha value is -0.660. The molecule has 0 spiro atoms. The molecule has 0 radical (unpaired) electrons. The Morgan fingerprint density at radius 2 is 1.88 bits per heavy atom. The van der Waals surface area contributed by atoms with Gasteiger partial charge in [0.15, 0.2) is 0 Å². The summed E-state index contributed by atoms with van der Waals surface area (Å²) in [6.45, 7) is 1.68. The predicted octanol–water partition coefficient (Wildman–Crippen LogP) is 1.85. The monoisotopic (exact) mass is 350 g/mol. The van der Waals surface area contributed by atoms with Crippen molar-refractivity contribution in [1.29, 1.82) is 0 Å². The van der Waals surface area contributed by atoms with E-state index in [-0.39, 0.29) is 29.5 Å². The Morgan fingerprint density at radius 1 is 1.24 bits per heavy atom. The second-order valence-corrected chi connectivity index (χ2v) is 4.45. The molecule has 1 saturated carbocycles. The Balaban J connectivity index is 0.00000144. The van der Waals surface area contributed by atoms with Gasteiger partial charge in [0.2, 0.25) is 5.95 Å². The highest BCUT2D eigenvalue weighted by molar-refractivity contribution is 14.0. The molecule has 1 fully saturated rings. The Labute approximate surface area is 118 Å². The molecule has 5 nitrogen and oxygen atoms in total. The van der Waals surface area contributed by atoms with Crippen LogP contribution < -0.4 is 10.9 Å². The lowest BCUT2D eigenvalue weighted by molar-refractivity contribution is 0.458. The molecule has 1 heterocycles. The average Bonchev–Trinajstić information content (AvgIpc) is 2.31. The summed E-state index contributed by atoms with van der Waals surface area (Å²) in [5, 5.41) is 11.2. The fraction of sp³-hybridized carbons (Fsp3) is 0.727. The van der Waals surface area contributed by atoms with E-state index in [1.807, 2.05) is 0 Å². The van der Waals surface area contributed by atoms with Crippen LogP contribution in [0.1, 0.15) is 37.8 Å². The molecule has 6 heteroatoms. The van der Waals surface area contributed by atoms with E-state index in [2.05, 4.69) is 15.5 Å². The van der Waals surface area contributed by atoms with E-state index in [1.165, 1.54) is 23.8 Å². The molecule has 0 bridgehead atoms. The molecule has 1 N–H and O–H groups in total. The van der Waals surface area contributed by atoms with Crippen LogP contribution in [0.4, 0.5) is 5.95 Å². The Morgan fingerprint density at radius 3 is 2.53 bits per heavy atom. The van der Waals surface area contributed by atoms with Gasteiger partial charge in [-0.3, -0.25) is 9.36 Å². The fourth-order valence-corrected chi connectivity index (χ4v) is 2.13. The van der Waals surface area contributed by atoms with Gasteiger partial charge in [0, 0.05) is 13.1 Å². The third-order valence-electron chi connectivity index (χ3n) is 3.16. The highest BCUT2D eigenvalue weighted by Crippen LogP contribution is 2.19. The van der Waals surface area contributed by atoms with E-state index in [9.17, 15) is 4.79 Å². The van der Waals surface area contributed by atoms with Crippen LogP contribution >= 0.6 is 24.0 Å². The zero-order chi connectivity index (χ0) is 11.5. The lowest BCUT2D eigenvalue weighted by Crippen LogP contribution is -2.30. The number of halogens is 1. The van der Waals surface area contributed by atoms with Crippen molar-refractivity contribution in [3.63, 3.8) is 0 Å². The molecule has 1 aromatic heterocycles. The molecule has 96 valence electrons. The molecule has 0 atom stereocenters. The summed E-state index contributed by atoms with van der Waals surface area (Å²) in [7, 11) is 1.73. The van der Waals surface area contributed by atoms with Crippen molar-refractivity contribution in [3.05, 3.63) is 16.0 Å². The van der Waals surface area contributed by atoms with Crippen LogP contribution in [0.3, 0.4) is 0 Å². The van der Waals surface area contributed by atoms with E-state index in [0.717, 1.165) is 12.8 Å². The van der Waals surface area contributed by atoms with Crippen molar-refractivity contribution < 1.29 is 0 Å². The van der Waals surface area contributed by atoms with E-state index >= 15 is 0 Å². The summed E-state index contributed by atoms with van der Waals surface area (Å²) >= 11 is 0. The molecule has 1 aliphatic carbocycles. The summed E-state index contributed by atoms with van der Waals surface area (Å²) in [6.07, 6.45) is 6.14. The van der Waals surface area contributed by atoms with Gasteiger partial charge in [-0.25, -0.2) is 0 Å². The third-order valence-corrected chi connectivity index (χ3v) is 3.16. The van der Waals surface area contributed by atoms with Crippen molar-refractivity contribution in [2.45, 2.75) is 45.1 Å². The topological polar surface area (TPSA) is 59.8 Å². The van der Waals surface area contributed by atoms with Crippen LogP contribution in [0.2, 0.25) is 0 Å². The number of rotatable bonds is 2. The van der Waals surface area contributed by atoms with E-state index in [4.69, 9.17) is 0 Å². The minimum atomic E-state index is -0.0756. The number of hydrogen-bond acceptors (Lipinski definition) is 4. The molecular weight excluding hydrogens is 331 g/mol. The maximum absolute atomic E-state index is 11.7. The zero-order valence-electron chi connectivity index (χ0n) is 10.3. The van der Waals surface area contributed by atoms with Gasteiger partial charge in [0.25, 0.3) is 5.56 Å². The first kappa shape index (κ1) is 14.4. The molecule has 1 aromatic rings. The fourth-order valence-electron chi connectivity index (χ4n) is 2.13. The Kier molecular flexibility index (Phi) is 5.35. The molecule has 0 unspecified atom stereocenters. The van der Waals surface area contributed by atoms with Crippen LogP contribution in [0.15, 0.2) is 4.79 Å². The van der Waals surface area contributed by atoms with E-state index in [0.29, 0.717) is 17.7 Å². The van der Waals surface area contributed by atoms with Gasteiger partial charge in [0.05, 0.1) is 0 Å². The van der Waals surface area contributed by atoms with Crippen LogP contribution in [0.5, 0.6) is 0 Å². The quantitative estimate of drug-likeness (QED) is 0.827. The summed E-state index contributed by atoms with van der Waals surface area (Å²) in [5.74, 6) is 0.586. The maximum atomic E-state index is 11.7. The van der Waals surface area contributed by atoms with E-state index in [1.54, 1.807) is 14.0 Å². The molecule has 1 aliphatic rings. The van der Waals surface area contributed by atoms with Crippen molar-refractivity contribution >= 4 is 29.9 Å². The molecule has 0 saturated heterocycles. The summed E-state index contributed by atoms with van der Waals surface area (Å²) in [6, 6.07) is 0.441. The van der Waals surface area contributed by atoms with Gasteiger partial charge in [0.1, 0.15) is 5.69 Å². The summed E-state index contributed by atoms with van der Waals surface area (Å²) < 4.78 is 1.54. The largest absolute Gasteiger partial charge is 0.352 e. The predicted molar refractivity (Wildman–Crippen MR) is 77.9 cm³/mol. The molecule has 17 heavy (non-hydrogen) atoms. The Bertz CT molecular complexity index is 426. The number of hydrogen-bond donors (Lipinski definition) is 1. The minimum Gasteiger partial charge on any atom is -0.352 e. The molecule has 2 rings (SSSR count). The van der Waals surface area contributed by atoms with Gasteiger partial charge in [-0.15, -0.1) is 34.2 Å². The van der Waals surface area contributed by atoms with Crippen molar-refractivity contribution in [3.8, 4) is 0 Å². The number of anilines is 1. The molecule has 0 aromatic carbocycles.